The third-order valence-electron chi connectivity index (χ3n) is 4.28. The molecule has 0 bridgehead atoms. The fourth-order valence-electron chi connectivity index (χ4n) is 3.01. The number of aryl methyl sites for hydroxylation is 2. The molecule has 3 aromatic rings. The summed E-state index contributed by atoms with van der Waals surface area (Å²) in [5.74, 6) is -0.168. The van der Waals surface area contributed by atoms with Crippen molar-refractivity contribution in [2.75, 3.05) is 0 Å². The van der Waals surface area contributed by atoms with Gasteiger partial charge in [0, 0.05) is 22.0 Å². The third kappa shape index (κ3) is 1.49. The minimum atomic E-state index is -0.0982. The second kappa shape index (κ2) is 3.92. The molecule has 0 saturated carbocycles. The Morgan fingerprint density at radius 1 is 0.857 bits per heavy atom. The minimum Gasteiger partial charge on any atom is -0.351 e. The molecular weight excluding hydrogens is 262 g/mol. The van der Waals surface area contributed by atoms with E-state index in [0.29, 0.717) is 22.4 Å². The van der Waals surface area contributed by atoms with Crippen molar-refractivity contribution < 1.29 is 9.59 Å². The van der Waals surface area contributed by atoms with Crippen molar-refractivity contribution in [1.82, 2.24) is 4.98 Å². The molecule has 0 fully saturated rings. The highest BCUT2D eigenvalue weighted by atomic mass is 16.1. The molecule has 0 atom stereocenters. The molecule has 1 heterocycles. The van der Waals surface area contributed by atoms with Crippen LogP contribution in [0.3, 0.4) is 0 Å². The summed E-state index contributed by atoms with van der Waals surface area (Å²) >= 11 is 0. The van der Waals surface area contributed by atoms with Crippen LogP contribution < -0.4 is 0 Å². The highest BCUT2D eigenvalue weighted by molar-refractivity contribution is 6.32. The molecule has 3 heteroatoms. The van der Waals surface area contributed by atoms with Gasteiger partial charge in [-0.25, -0.2) is 0 Å². The van der Waals surface area contributed by atoms with Gasteiger partial charge in [-0.15, -0.1) is 0 Å². The third-order valence-corrected chi connectivity index (χ3v) is 4.28. The summed E-state index contributed by atoms with van der Waals surface area (Å²) < 4.78 is 0. The zero-order chi connectivity index (χ0) is 14.7. The lowest BCUT2D eigenvalue weighted by atomic mass is 9.85. The van der Waals surface area contributed by atoms with Crippen molar-refractivity contribution in [3.63, 3.8) is 0 Å². The smallest absolute Gasteiger partial charge is 0.210 e. The topological polar surface area (TPSA) is 49.9 Å². The fraction of sp³-hybridized carbons (Fsp3) is 0.111. The summed E-state index contributed by atoms with van der Waals surface area (Å²) in [5.41, 5.74) is 4.81. The van der Waals surface area contributed by atoms with E-state index < -0.39 is 0 Å². The number of hydrogen-bond donors (Lipinski definition) is 1. The lowest BCUT2D eigenvalue weighted by Gasteiger charge is -2.16. The summed E-state index contributed by atoms with van der Waals surface area (Å²) in [4.78, 5) is 28.6. The summed E-state index contributed by atoms with van der Waals surface area (Å²) in [7, 11) is 0. The van der Waals surface area contributed by atoms with Gasteiger partial charge < -0.3 is 4.98 Å². The first-order valence-corrected chi connectivity index (χ1v) is 6.89. The number of aromatic nitrogens is 1. The molecule has 0 amide bonds. The summed E-state index contributed by atoms with van der Waals surface area (Å²) in [5, 5.41) is 0.815. The standard InChI is InChI=1S/C18H13NO2/c1-9-7-12-13(8-10(9)2)18(21)16-15(17(12)20)11-5-3-4-6-14(11)19-16/h3-8,19H,1-2H3. The first-order chi connectivity index (χ1) is 10.1. The van der Waals surface area contributed by atoms with Gasteiger partial charge in [0.05, 0.1) is 11.3 Å². The van der Waals surface area contributed by atoms with Gasteiger partial charge in [-0.2, -0.15) is 0 Å². The molecule has 0 spiro atoms. The average molecular weight is 275 g/mol. The maximum atomic E-state index is 12.8. The predicted molar refractivity (Wildman–Crippen MR) is 81.1 cm³/mol. The molecule has 21 heavy (non-hydrogen) atoms. The number of carbonyl (C=O) groups is 2. The van der Waals surface area contributed by atoms with Crippen LogP contribution in [0.1, 0.15) is 43.1 Å². The maximum absolute atomic E-state index is 12.8. The van der Waals surface area contributed by atoms with E-state index in [1.165, 1.54) is 0 Å². The predicted octanol–water partition coefficient (Wildman–Crippen LogP) is 3.56. The van der Waals surface area contributed by atoms with Gasteiger partial charge in [-0.05, 0) is 43.2 Å². The minimum absolute atomic E-state index is 0.0693. The van der Waals surface area contributed by atoms with Crippen LogP contribution >= 0.6 is 0 Å². The van der Waals surface area contributed by atoms with Gasteiger partial charge >= 0.3 is 0 Å². The van der Waals surface area contributed by atoms with Crippen molar-refractivity contribution in [1.29, 1.82) is 0 Å². The van der Waals surface area contributed by atoms with Crippen molar-refractivity contribution in [3.8, 4) is 0 Å². The number of fused-ring (bicyclic) bond motifs is 4. The molecule has 1 aliphatic carbocycles. The Labute approximate surface area is 121 Å². The Kier molecular flexibility index (Phi) is 2.25. The van der Waals surface area contributed by atoms with Gasteiger partial charge in [-0.3, -0.25) is 9.59 Å². The zero-order valence-electron chi connectivity index (χ0n) is 11.8. The highest BCUT2D eigenvalue weighted by Gasteiger charge is 2.33. The van der Waals surface area contributed by atoms with Crippen LogP contribution in [-0.2, 0) is 0 Å². The Balaban J connectivity index is 2.10. The fourth-order valence-corrected chi connectivity index (χ4v) is 3.01. The van der Waals surface area contributed by atoms with Gasteiger partial charge in [0.25, 0.3) is 0 Å². The molecule has 102 valence electrons. The molecule has 2 aromatic carbocycles. The number of rotatable bonds is 0. The SMILES string of the molecule is Cc1cc2c(cc1C)C(=O)c1c([nH]c3ccccc13)C2=O. The van der Waals surface area contributed by atoms with Crippen LogP contribution in [0.2, 0.25) is 0 Å². The summed E-state index contributed by atoms with van der Waals surface area (Å²) in [6, 6.07) is 11.2. The Morgan fingerprint density at radius 2 is 1.48 bits per heavy atom. The van der Waals surface area contributed by atoms with Crippen LogP contribution in [0, 0.1) is 13.8 Å². The molecule has 0 saturated heterocycles. The van der Waals surface area contributed by atoms with E-state index in [9.17, 15) is 9.59 Å². The largest absolute Gasteiger partial charge is 0.351 e. The second-order valence-electron chi connectivity index (χ2n) is 5.56. The van der Waals surface area contributed by atoms with Crippen molar-refractivity contribution in [2.45, 2.75) is 13.8 Å². The number of H-pyrrole nitrogens is 1. The number of aromatic amines is 1. The molecule has 1 N–H and O–H groups in total. The molecule has 0 unspecified atom stereocenters. The lowest BCUT2D eigenvalue weighted by molar-refractivity contribution is 0.0978. The van der Waals surface area contributed by atoms with Crippen LogP contribution in [0.4, 0.5) is 0 Å². The second-order valence-corrected chi connectivity index (χ2v) is 5.56. The van der Waals surface area contributed by atoms with Gasteiger partial charge in [0.2, 0.25) is 5.78 Å². The van der Waals surface area contributed by atoms with Crippen LogP contribution in [0.15, 0.2) is 36.4 Å². The van der Waals surface area contributed by atoms with Crippen molar-refractivity contribution >= 4 is 22.5 Å². The molecule has 0 aliphatic heterocycles. The van der Waals surface area contributed by atoms with Crippen molar-refractivity contribution in [2.24, 2.45) is 0 Å². The number of hydrogen-bond acceptors (Lipinski definition) is 2. The number of carbonyl (C=O) groups excluding carboxylic acids is 2. The maximum Gasteiger partial charge on any atom is 0.210 e. The molecule has 4 rings (SSSR count). The van der Waals surface area contributed by atoms with Crippen LogP contribution in [0.5, 0.6) is 0 Å². The molecule has 1 aliphatic rings. The Bertz CT molecular complexity index is 947. The van der Waals surface area contributed by atoms with Crippen LogP contribution in [0.25, 0.3) is 10.9 Å². The number of ketones is 2. The van der Waals surface area contributed by atoms with Gasteiger partial charge in [0.15, 0.2) is 5.78 Å². The van der Waals surface area contributed by atoms with E-state index >= 15 is 0 Å². The quantitative estimate of drug-likeness (QED) is 0.533. The molecule has 1 aromatic heterocycles. The van der Waals surface area contributed by atoms with Gasteiger partial charge in [0.1, 0.15) is 0 Å². The van der Waals surface area contributed by atoms with E-state index in [4.69, 9.17) is 0 Å². The zero-order valence-corrected chi connectivity index (χ0v) is 11.8. The average Bonchev–Trinajstić information content (AvgIpc) is 2.87. The lowest BCUT2D eigenvalue weighted by Crippen LogP contribution is -2.20. The summed E-state index contributed by atoms with van der Waals surface area (Å²) in [6.07, 6.45) is 0. The monoisotopic (exact) mass is 275 g/mol. The Morgan fingerprint density at radius 3 is 2.19 bits per heavy atom. The van der Waals surface area contributed by atoms with Gasteiger partial charge in [-0.1, -0.05) is 18.2 Å². The molecule has 3 nitrogen and oxygen atoms in total. The van der Waals surface area contributed by atoms with E-state index in [1.54, 1.807) is 0 Å². The van der Waals surface area contributed by atoms with E-state index in [-0.39, 0.29) is 11.6 Å². The van der Waals surface area contributed by atoms with Crippen molar-refractivity contribution in [3.05, 3.63) is 69.9 Å². The Hall–Kier alpha value is -2.68. The van der Waals surface area contributed by atoms with E-state index in [0.717, 1.165) is 22.0 Å². The number of nitrogens with one attached hydrogen (secondary N) is 1. The summed E-state index contributed by atoms with van der Waals surface area (Å²) in [6.45, 7) is 3.91. The number of benzene rings is 2. The van der Waals surface area contributed by atoms with E-state index in [1.807, 2.05) is 50.2 Å². The van der Waals surface area contributed by atoms with E-state index in [2.05, 4.69) is 4.98 Å². The number of para-hydroxylation sites is 1. The highest BCUT2D eigenvalue weighted by Crippen LogP contribution is 2.33. The molecular formula is C18H13NO2. The normalized spacial score (nSPS) is 13.4. The van der Waals surface area contributed by atoms with Crippen LogP contribution in [-0.4, -0.2) is 16.6 Å². The first kappa shape index (κ1) is 12.1. The first-order valence-electron chi connectivity index (χ1n) is 6.89. The molecule has 0 radical (unpaired) electrons.